The lowest BCUT2D eigenvalue weighted by molar-refractivity contribution is 1.12. The normalized spacial score (nSPS) is 10.6. The van der Waals surface area contributed by atoms with E-state index >= 15 is 0 Å². The molecule has 82 heavy (non-hydrogen) atoms. The molecule has 0 radical (unpaired) electrons. The first-order valence-corrected chi connectivity index (χ1v) is 25.2. The number of nitriles is 10. The first-order chi connectivity index (χ1) is 40.1. The van der Waals surface area contributed by atoms with E-state index in [2.05, 4.69) is 60.7 Å². The molecule has 0 aliphatic heterocycles. The van der Waals surface area contributed by atoms with E-state index in [0.29, 0.717) is 139 Å². The Morgan fingerprint density at radius 2 is 0.451 bits per heavy atom. The van der Waals surface area contributed by atoms with Crippen molar-refractivity contribution in [1.29, 1.82) is 52.6 Å². The van der Waals surface area contributed by atoms with Crippen LogP contribution in [0.4, 0.5) is 0 Å². The van der Waals surface area contributed by atoms with Crippen LogP contribution in [0.5, 0.6) is 0 Å². The molecule has 12 rings (SSSR count). The number of benzene rings is 10. The largest absolute Gasteiger partial charge is 0.308 e. The smallest absolute Gasteiger partial charge is 0.104 e. The highest BCUT2D eigenvalue weighted by Gasteiger charge is 2.25. The Hall–Kier alpha value is -13.3. The van der Waals surface area contributed by atoms with Crippen molar-refractivity contribution < 1.29 is 0 Å². The van der Waals surface area contributed by atoms with Crippen LogP contribution in [0.3, 0.4) is 0 Å². The van der Waals surface area contributed by atoms with Gasteiger partial charge in [-0.3, -0.25) is 0 Å². The van der Waals surface area contributed by atoms with Crippen LogP contribution in [0.1, 0.15) is 55.6 Å². The van der Waals surface area contributed by atoms with Crippen molar-refractivity contribution in [2.24, 2.45) is 0 Å². The number of nitrogens with zero attached hydrogens (tertiary/aromatic N) is 12. The lowest BCUT2D eigenvalue weighted by Crippen LogP contribution is -2.05. The van der Waals surface area contributed by atoms with E-state index in [1.807, 2.05) is 100 Å². The van der Waals surface area contributed by atoms with Gasteiger partial charge in [0.05, 0.1) is 138 Å². The van der Waals surface area contributed by atoms with E-state index in [0.717, 1.165) is 21.5 Å². The Bertz CT molecular complexity index is 4620. The zero-order valence-electron chi connectivity index (χ0n) is 42.7. The summed E-state index contributed by atoms with van der Waals surface area (Å²) in [6.45, 7) is 0. The number of rotatable bonds is 7. The third-order valence-corrected chi connectivity index (χ3v) is 14.6. The lowest BCUT2D eigenvalue weighted by atomic mass is 9.98. The van der Waals surface area contributed by atoms with Gasteiger partial charge >= 0.3 is 0 Å². The fraction of sp³-hybridized carbons (Fsp3) is 0. The summed E-state index contributed by atoms with van der Waals surface area (Å²) in [4.78, 5) is 0. The van der Waals surface area contributed by atoms with Crippen LogP contribution in [0.25, 0.3) is 111 Å². The predicted octanol–water partition coefficient (Wildman–Crippen LogP) is 14.9. The van der Waals surface area contributed by atoms with Crippen LogP contribution >= 0.6 is 0 Å². The summed E-state index contributed by atoms with van der Waals surface area (Å²) in [5.41, 5.74) is 12.7. The highest BCUT2D eigenvalue weighted by molar-refractivity contribution is 6.13. The summed E-state index contributed by atoms with van der Waals surface area (Å²) in [7, 11) is 0. The van der Waals surface area contributed by atoms with Crippen LogP contribution < -0.4 is 0 Å². The van der Waals surface area contributed by atoms with Gasteiger partial charge in [-0.15, -0.1) is 0 Å². The van der Waals surface area contributed by atoms with Gasteiger partial charge in [0.25, 0.3) is 0 Å². The van der Waals surface area contributed by atoms with Crippen molar-refractivity contribution in [2.75, 3.05) is 0 Å². The van der Waals surface area contributed by atoms with Crippen LogP contribution in [0.2, 0.25) is 0 Å². The monoisotopic (exact) mass is 1040 g/mol. The SMILES string of the molecule is N#Cc1cccc(-c2cc(-n3c4cc(-c5cc(C#N)cc(C#N)c5)ccc4c4ccc(-c5cc(C#N)cc(C#N)c5)cc43)c(C#N)c(-n3c4cc(-c5cc(C#N)cc(C#N)c5)ccc4c4ccc(-c5cc(C#N)cc(C#N)c5)cc43)c2)c1. The van der Waals surface area contributed by atoms with E-state index in [1.165, 1.54) is 24.3 Å². The fourth-order valence-corrected chi connectivity index (χ4v) is 11.0. The van der Waals surface area contributed by atoms with Crippen LogP contribution in [-0.4, -0.2) is 9.13 Å². The minimum Gasteiger partial charge on any atom is -0.308 e. The summed E-state index contributed by atoms with van der Waals surface area (Å²) in [6, 6.07) is 76.3. The third-order valence-electron chi connectivity index (χ3n) is 14.6. The molecule has 0 aliphatic rings. The van der Waals surface area contributed by atoms with E-state index in [4.69, 9.17) is 0 Å². The molecule has 0 N–H and O–H groups in total. The number of hydrogen-bond acceptors (Lipinski definition) is 10. The Morgan fingerprint density at radius 1 is 0.207 bits per heavy atom. The van der Waals surface area contributed by atoms with Gasteiger partial charge in [-0.1, -0.05) is 60.7 Å². The summed E-state index contributed by atoms with van der Waals surface area (Å²) in [5, 5.41) is 106. The molecular weight excluding hydrogens is 1010 g/mol. The van der Waals surface area contributed by atoms with Crippen LogP contribution in [0, 0.1) is 113 Å². The van der Waals surface area contributed by atoms with Crippen molar-refractivity contribution in [3.05, 3.63) is 238 Å². The highest BCUT2D eigenvalue weighted by Crippen LogP contribution is 2.44. The molecule has 0 saturated heterocycles. The van der Waals surface area contributed by atoms with Gasteiger partial charge in [-0.25, -0.2) is 0 Å². The average Bonchev–Trinajstić information content (AvgIpc) is 2.58. The number of fused-ring (bicyclic) bond motifs is 6. The second-order valence-electron chi connectivity index (χ2n) is 19.4. The van der Waals surface area contributed by atoms with Gasteiger partial charge in [0.15, 0.2) is 0 Å². The molecule has 0 bridgehead atoms. The zero-order valence-corrected chi connectivity index (χ0v) is 42.7. The van der Waals surface area contributed by atoms with Gasteiger partial charge in [0.2, 0.25) is 0 Å². The molecule has 0 fully saturated rings. The van der Waals surface area contributed by atoms with Crippen molar-refractivity contribution >= 4 is 43.6 Å². The molecule has 0 atom stereocenters. The first kappa shape index (κ1) is 49.6. The predicted molar refractivity (Wildman–Crippen MR) is 309 cm³/mol. The Kier molecular flexibility index (Phi) is 12.1. The van der Waals surface area contributed by atoms with Crippen molar-refractivity contribution in [3.8, 4) is 128 Å². The maximum Gasteiger partial charge on any atom is 0.104 e. The maximum atomic E-state index is 12.1. The second-order valence-corrected chi connectivity index (χ2v) is 19.4. The molecule has 0 amide bonds. The Morgan fingerprint density at radius 3 is 0.707 bits per heavy atom. The van der Waals surface area contributed by atoms with Gasteiger partial charge in [-0.2, -0.15) is 52.6 Å². The molecule has 0 aliphatic carbocycles. The highest BCUT2D eigenvalue weighted by atomic mass is 15.0. The van der Waals surface area contributed by atoms with Gasteiger partial charge < -0.3 is 9.13 Å². The van der Waals surface area contributed by atoms with E-state index in [-0.39, 0.29) is 5.56 Å². The number of aromatic nitrogens is 2. The Labute approximate surface area is 468 Å². The van der Waals surface area contributed by atoms with Gasteiger partial charge in [0.1, 0.15) is 11.6 Å². The topological polar surface area (TPSA) is 248 Å². The standard InChI is InChI=1S/C70H30N12/c71-31-41-2-1-3-50(16-41)59-29-69(81-65-25-51(55-17-42(32-72)12-43(18-55)33-73)4-8-60(65)61-9-5-52(26-66(61)81)56-19-44(34-74)13-45(20-56)35-75)64(40-80)70(30-59)82-67-27-53(57-21-46(36-76)14-47(22-57)37-77)6-10-62(67)63-11-7-54(28-68(63)82)58-23-48(38-78)15-49(24-58)39-79/h1-30H. The summed E-state index contributed by atoms with van der Waals surface area (Å²) >= 11 is 0. The van der Waals surface area contributed by atoms with Crippen LogP contribution in [0.15, 0.2) is 182 Å². The van der Waals surface area contributed by atoms with Crippen molar-refractivity contribution in [1.82, 2.24) is 9.13 Å². The average molecular weight is 1040 g/mol. The molecule has 10 aromatic carbocycles. The molecule has 12 aromatic rings. The molecule has 12 heteroatoms. The van der Waals surface area contributed by atoms with Crippen LogP contribution in [-0.2, 0) is 0 Å². The molecule has 0 spiro atoms. The molecule has 370 valence electrons. The van der Waals surface area contributed by atoms with E-state index in [1.54, 1.807) is 66.7 Å². The minimum atomic E-state index is 0.206. The summed E-state index contributed by atoms with van der Waals surface area (Å²) < 4.78 is 3.99. The second kappa shape index (κ2) is 20.0. The minimum absolute atomic E-state index is 0.206. The fourth-order valence-electron chi connectivity index (χ4n) is 11.0. The quantitative estimate of drug-likeness (QED) is 0.146. The van der Waals surface area contributed by atoms with Gasteiger partial charge in [0, 0.05) is 21.5 Å². The first-order valence-electron chi connectivity index (χ1n) is 25.2. The van der Waals surface area contributed by atoms with E-state index < -0.39 is 0 Å². The maximum absolute atomic E-state index is 12.1. The molecule has 2 aromatic heterocycles. The third kappa shape index (κ3) is 8.44. The summed E-state index contributed by atoms with van der Waals surface area (Å²) in [6.07, 6.45) is 0. The summed E-state index contributed by atoms with van der Waals surface area (Å²) in [5.74, 6) is 0. The van der Waals surface area contributed by atoms with Crippen molar-refractivity contribution in [3.63, 3.8) is 0 Å². The molecule has 0 saturated carbocycles. The van der Waals surface area contributed by atoms with E-state index in [9.17, 15) is 52.6 Å². The number of hydrogen-bond donors (Lipinski definition) is 0. The molecule has 2 heterocycles. The lowest BCUT2D eigenvalue weighted by Gasteiger charge is -2.19. The van der Waals surface area contributed by atoms with Gasteiger partial charge in [-0.05, 0) is 177 Å². The van der Waals surface area contributed by atoms with Crippen molar-refractivity contribution in [2.45, 2.75) is 0 Å². The molecule has 0 unspecified atom stereocenters. The molecule has 12 nitrogen and oxygen atoms in total. The zero-order chi connectivity index (χ0) is 56.8. The Balaban J connectivity index is 1.25. The molecular formula is C70H30N12.